The Balaban J connectivity index is 1.54. The molecule has 8 heteroatoms. The summed E-state index contributed by atoms with van der Waals surface area (Å²) in [6.07, 6.45) is 1.18. The molecular formula is C31H32FN3O4. The molecule has 0 radical (unpaired) electrons. The molecule has 39 heavy (non-hydrogen) atoms. The average Bonchev–Trinajstić information content (AvgIpc) is 3.20. The van der Waals surface area contributed by atoms with Gasteiger partial charge in [-0.2, -0.15) is 0 Å². The summed E-state index contributed by atoms with van der Waals surface area (Å²) in [5.41, 5.74) is 1.87. The van der Waals surface area contributed by atoms with Gasteiger partial charge < -0.3 is 10.2 Å². The lowest BCUT2D eigenvalue weighted by atomic mass is 10.0. The van der Waals surface area contributed by atoms with Gasteiger partial charge in [0, 0.05) is 38.0 Å². The van der Waals surface area contributed by atoms with Crippen molar-refractivity contribution in [3.05, 3.63) is 107 Å². The number of hydrogen-bond acceptors (Lipinski definition) is 4. The molecule has 0 fully saturated rings. The Morgan fingerprint density at radius 3 is 2.15 bits per heavy atom. The van der Waals surface area contributed by atoms with E-state index in [-0.39, 0.29) is 56.0 Å². The number of fused-ring (bicyclic) bond motifs is 1. The monoisotopic (exact) mass is 529 g/mol. The average molecular weight is 530 g/mol. The van der Waals surface area contributed by atoms with Crippen LogP contribution in [0.1, 0.15) is 58.0 Å². The Labute approximate surface area is 227 Å². The first-order valence-electron chi connectivity index (χ1n) is 13.2. The number of benzene rings is 3. The number of imide groups is 1. The number of rotatable bonds is 12. The second-order valence-electron chi connectivity index (χ2n) is 9.52. The summed E-state index contributed by atoms with van der Waals surface area (Å²) in [6.45, 7) is 2.37. The van der Waals surface area contributed by atoms with E-state index >= 15 is 0 Å². The van der Waals surface area contributed by atoms with Gasteiger partial charge in [-0.05, 0) is 36.6 Å². The Morgan fingerprint density at radius 2 is 1.51 bits per heavy atom. The van der Waals surface area contributed by atoms with Crippen LogP contribution in [0.25, 0.3) is 0 Å². The molecule has 4 amide bonds. The summed E-state index contributed by atoms with van der Waals surface area (Å²) in [7, 11) is 0. The number of halogens is 1. The molecule has 7 nitrogen and oxygen atoms in total. The van der Waals surface area contributed by atoms with E-state index in [2.05, 4.69) is 5.32 Å². The molecule has 1 aliphatic rings. The van der Waals surface area contributed by atoms with Crippen LogP contribution in [0.15, 0.2) is 78.9 Å². The molecule has 3 aromatic rings. The fourth-order valence-corrected chi connectivity index (χ4v) is 4.70. The SMILES string of the molecule is CCCNC(=O)C(Cc1ccccc1)N(Cc1ccccc1F)C(=O)CCCN1C(=O)c2ccccc2C1=O. The number of carbonyl (C=O) groups is 4. The highest BCUT2D eigenvalue weighted by Gasteiger charge is 2.35. The largest absolute Gasteiger partial charge is 0.354 e. The van der Waals surface area contributed by atoms with Crippen LogP contribution in [0.5, 0.6) is 0 Å². The normalized spacial score (nSPS) is 13.2. The molecule has 202 valence electrons. The third-order valence-corrected chi connectivity index (χ3v) is 6.77. The molecule has 0 spiro atoms. The lowest BCUT2D eigenvalue weighted by Gasteiger charge is -2.32. The molecule has 1 unspecified atom stereocenters. The van der Waals surface area contributed by atoms with Gasteiger partial charge >= 0.3 is 0 Å². The van der Waals surface area contributed by atoms with Crippen molar-refractivity contribution in [1.82, 2.24) is 15.1 Å². The van der Waals surface area contributed by atoms with E-state index in [0.717, 1.165) is 16.9 Å². The minimum absolute atomic E-state index is 0.0196. The Kier molecular flexibility index (Phi) is 9.20. The second kappa shape index (κ2) is 13.0. The van der Waals surface area contributed by atoms with Crippen LogP contribution >= 0.6 is 0 Å². The number of hydrogen-bond donors (Lipinski definition) is 1. The number of carbonyl (C=O) groups excluding carboxylic acids is 4. The van der Waals surface area contributed by atoms with Crippen LogP contribution in [0, 0.1) is 5.82 Å². The highest BCUT2D eigenvalue weighted by atomic mass is 19.1. The minimum Gasteiger partial charge on any atom is -0.354 e. The zero-order valence-corrected chi connectivity index (χ0v) is 21.9. The third-order valence-electron chi connectivity index (χ3n) is 6.77. The second-order valence-corrected chi connectivity index (χ2v) is 9.52. The highest BCUT2D eigenvalue weighted by molar-refractivity contribution is 6.21. The lowest BCUT2D eigenvalue weighted by Crippen LogP contribution is -2.50. The first-order valence-corrected chi connectivity index (χ1v) is 13.2. The van der Waals surface area contributed by atoms with Crippen molar-refractivity contribution in [3.8, 4) is 0 Å². The first kappa shape index (κ1) is 27.7. The lowest BCUT2D eigenvalue weighted by molar-refractivity contribution is -0.141. The zero-order chi connectivity index (χ0) is 27.8. The summed E-state index contributed by atoms with van der Waals surface area (Å²) in [6, 6.07) is 21.3. The summed E-state index contributed by atoms with van der Waals surface area (Å²) < 4.78 is 14.7. The fraction of sp³-hybridized carbons (Fsp3) is 0.290. The molecule has 0 saturated heterocycles. The summed E-state index contributed by atoms with van der Waals surface area (Å²) in [5.74, 6) is -1.90. The van der Waals surface area contributed by atoms with Gasteiger partial charge in [0.1, 0.15) is 11.9 Å². The molecule has 0 aromatic heterocycles. The van der Waals surface area contributed by atoms with Crippen LogP contribution in [0.2, 0.25) is 0 Å². The molecule has 1 atom stereocenters. The third kappa shape index (κ3) is 6.57. The molecular weight excluding hydrogens is 497 g/mol. The summed E-state index contributed by atoms with van der Waals surface area (Å²) in [5, 5.41) is 2.89. The van der Waals surface area contributed by atoms with Gasteiger partial charge in [0.15, 0.2) is 0 Å². The molecule has 1 heterocycles. The van der Waals surface area contributed by atoms with Crippen LogP contribution in [-0.2, 0) is 22.6 Å². The van der Waals surface area contributed by atoms with Crippen molar-refractivity contribution in [2.45, 2.75) is 45.2 Å². The Bertz CT molecular complexity index is 1310. The van der Waals surface area contributed by atoms with E-state index in [4.69, 9.17) is 0 Å². The Hall–Kier alpha value is -4.33. The van der Waals surface area contributed by atoms with E-state index in [1.807, 2.05) is 37.3 Å². The Morgan fingerprint density at radius 1 is 0.897 bits per heavy atom. The molecule has 1 N–H and O–H groups in total. The number of nitrogens with zero attached hydrogens (tertiary/aromatic N) is 2. The smallest absolute Gasteiger partial charge is 0.261 e. The topological polar surface area (TPSA) is 86.8 Å². The maximum Gasteiger partial charge on any atom is 0.261 e. The molecule has 0 aliphatic carbocycles. The van der Waals surface area contributed by atoms with Crippen LogP contribution in [0.3, 0.4) is 0 Å². The van der Waals surface area contributed by atoms with E-state index in [1.54, 1.807) is 42.5 Å². The fourth-order valence-electron chi connectivity index (χ4n) is 4.70. The molecule has 0 bridgehead atoms. The van der Waals surface area contributed by atoms with Gasteiger partial charge in [-0.3, -0.25) is 24.1 Å². The van der Waals surface area contributed by atoms with E-state index < -0.39 is 11.9 Å². The van der Waals surface area contributed by atoms with E-state index in [1.165, 1.54) is 11.0 Å². The van der Waals surface area contributed by atoms with Gasteiger partial charge in [-0.15, -0.1) is 0 Å². The molecule has 3 aromatic carbocycles. The van der Waals surface area contributed by atoms with Crippen LogP contribution < -0.4 is 5.32 Å². The zero-order valence-electron chi connectivity index (χ0n) is 21.9. The van der Waals surface area contributed by atoms with Crippen LogP contribution in [0.4, 0.5) is 4.39 Å². The van der Waals surface area contributed by atoms with Crippen molar-refractivity contribution < 1.29 is 23.6 Å². The highest BCUT2D eigenvalue weighted by Crippen LogP contribution is 2.23. The van der Waals surface area contributed by atoms with E-state index in [0.29, 0.717) is 23.2 Å². The predicted molar refractivity (Wildman–Crippen MR) is 145 cm³/mol. The molecule has 0 saturated carbocycles. The van der Waals surface area contributed by atoms with Gasteiger partial charge in [-0.1, -0.05) is 67.6 Å². The quantitative estimate of drug-likeness (QED) is 0.353. The first-order chi connectivity index (χ1) is 18.9. The minimum atomic E-state index is -0.870. The van der Waals surface area contributed by atoms with Crippen molar-refractivity contribution in [2.24, 2.45) is 0 Å². The van der Waals surface area contributed by atoms with Gasteiger partial charge in [0.25, 0.3) is 11.8 Å². The predicted octanol–water partition coefficient (Wildman–Crippen LogP) is 4.37. The van der Waals surface area contributed by atoms with Gasteiger partial charge in [-0.25, -0.2) is 4.39 Å². The van der Waals surface area contributed by atoms with Gasteiger partial charge in [0.05, 0.1) is 11.1 Å². The maximum atomic E-state index is 14.7. The summed E-state index contributed by atoms with van der Waals surface area (Å²) in [4.78, 5) is 55.0. The number of nitrogens with one attached hydrogen (secondary N) is 1. The van der Waals surface area contributed by atoms with Gasteiger partial charge in [0.2, 0.25) is 11.8 Å². The van der Waals surface area contributed by atoms with Crippen LogP contribution in [-0.4, -0.2) is 52.6 Å². The van der Waals surface area contributed by atoms with Crippen molar-refractivity contribution in [2.75, 3.05) is 13.1 Å². The molecule has 1 aliphatic heterocycles. The van der Waals surface area contributed by atoms with E-state index in [9.17, 15) is 23.6 Å². The number of amides is 4. The summed E-state index contributed by atoms with van der Waals surface area (Å²) >= 11 is 0. The maximum absolute atomic E-state index is 14.7. The van der Waals surface area contributed by atoms with Crippen molar-refractivity contribution in [3.63, 3.8) is 0 Å². The van der Waals surface area contributed by atoms with Crippen molar-refractivity contribution in [1.29, 1.82) is 0 Å². The van der Waals surface area contributed by atoms with Crippen molar-refractivity contribution >= 4 is 23.6 Å². The molecule has 4 rings (SSSR count). The standard InChI is InChI=1S/C31H32FN3O4/c1-2-18-33-29(37)27(20-22-11-4-3-5-12-22)35(21-23-13-6-9-16-26(23)32)28(36)17-10-19-34-30(38)24-14-7-8-15-25(24)31(34)39/h3-9,11-16,27H,2,10,17-21H2,1H3,(H,33,37).